The zero-order chi connectivity index (χ0) is 8.36. The van der Waals surface area contributed by atoms with Crippen molar-refractivity contribution in [1.82, 2.24) is 4.72 Å². The average Bonchev–Trinajstić information content (AvgIpc) is 1.60. The van der Waals surface area contributed by atoms with E-state index in [0.717, 1.165) is 0 Å². The monoisotopic (exact) mass is 181 g/mol. The van der Waals surface area contributed by atoms with E-state index in [1.807, 2.05) is 0 Å². The molecule has 0 aliphatic rings. The van der Waals surface area contributed by atoms with Crippen LogP contribution in [-0.2, 0) is 4.79 Å². The molecule has 0 aliphatic heterocycles. The standard InChI is InChI=1S/C5H11NO2S2/c1-5(2,9)3(6-10)4(7)8/h3,6,9-10H,1-2H3,(H,7,8)/t3-/m1/s1. The van der Waals surface area contributed by atoms with Gasteiger partial charge in [-0.2, -0.15) is 12.6 Å². The summed E-state index contributed by atoms with van der Waals surface area (Å²) in [5.74, 6) is -0.949. The molecule has 0 saturated carbocycles. The molecule has 10 heavy (non-hydrogen) atoms. The van der Waals surface area contributed by atoms with Crippen LogP contribution in [0.25, 0.3) is 0 Å². The maximum absolute atomic E-state index is 10.4. The normalized spacial score (nSPS) is 14.8. The fourth-order valence-electron chi connectivity index (χ4n) is 0.515. The summed E-state index contributed by atoms with van der Waals surface area (Å²) in [6, 6.07) is -0.737. The van der Waals surface area contributed by atoms with Crippen LogP contribution in [0.1, 0.15) is 13.8 Å². The molecule has 0 aliphatic carbocycles. The van der Waals surface area contributed by atoms with Crippen LogP contribution in [0, 0.1) is 0 Å². The smallest absolute Gasteiger partial charge is 0.322 e. The van der Waals surface area contributed by atoms with Gasteiger partial charge in [-0.25, -0.2) is 0 Å². The SMILES string of the molecule is CC(C)(S)[C@H](NS)C(=O)O. The molecule has 2 N–H and O–H groups in total. The zero-order valence-electron chi connectivity index (χ0n) is 5.83. The molecule has 0 radical (unpaired) electrons. The Balaban J connectivity index is 4.22. The molecule has 0 heterocycles. The van der Waals surface area contributed by atoms with Gasteiger partial charge in [-0.3, -0.25) is 9.52 Å². The number of nitrogens with one attached hydrogen (secondary N) is 1. The summed E-state index contributed by atoms with van der Waals surface area (Å²) in [6.07, 6.45) is 0. The highest BCUT2D eigenvalue weighted by atomic mass is 32.1. The number of rotatable bonds is 3. The molecule has 0 amide bonds. The lowest BCUT2D eigenvalue weighted by atomic mass is 10.1. The van der Waals surface area contributed by atoms with Gasteiger partial charge in [0, 0.05) is 4.75 Å². The molecule has 5 heteroatoms. The van der Waals surface area contributed by atoms with Crippen molar-refractivity contribution in [2.75, 3.05) is 0 Å². The van der Waals surface area contributed by atoms with Crippen LogP contribution in [0.3, 0.4) is 0 Å². The molecule has 0 fully saturated rings. The summed E-state index contributed by atoms with van der Waals surface area (Å²) >= 11 is 7.75. The largest absolute Gasteiger partial charge is 0.480 e. The van der Waals surface area contributed by atoms with Crippen molar-refractivity contribution < 1.29 is 9.90 Å². The second kappa shape index (κ2) is 3.50. The number of aliphatic carboxylic acids is 1. The Kier molecular flexibility index (Phi) is 3.55. The van der Waals surface area contributed by atoms with Gasteiger partial charge in [0.1, 0.15) is 6.04 Å². The first-order valence-corrected chi connectivity index (χ1v) is 3.64. The Hall–Kier alpha value is 0.130. The second-order valence-corrected chi connectivity index (χ2v) is 3.96. The molecule has 0 spiro atoms. The highest BCUT2D eigenvalue weighted by Gasteiger charge is 2.30. The predicted molar refractivity (Wildman–Crippen MR) is 46.6 cm³/mol. The quantitative estimate of drug-likeness (QED) is 0.482. The Morgan fingerprint density at radius 1 is 1.70 bits per heavy atom. The van der Waals surface area contributed by atoms with Gasteiger partial charge in [-0.05, 0) is 13.8 Å². The lowest BCUT2D eigenvalue weighted by Gasteiger charge is -2.24. The number of hydrogen-bond donors (Lipinski definition) is 4. The topological polar surface area (TPSA) is 49.3 Å². The highest BCUT2D eigenvalue weighted by Crippen LogP contribution is 2.17. The third kappa shape index (κ3) is 2.81. The van der Waals surface area contributed by atoms with Crippen LogP contribution in [-0.4, -0.2) is 21.9 Å². The summed E-state index contributed by atoms with van der Waals surface area (Å²) in [6.45, 7) is 3.41. The number of thiol groups is 2. The van der Waals surface area contributed by atoms with Crippen LogP contribution in [0.4, 0.5) is 0 Å². The van der Waals surface area contributed by atoms with E-state index in [-0.39, 0.29) is 0 Å². The predicted octanol–water partition coefficient (Wildman–Crippen LogP) is 0.582. The Morgan fingerprint density at radius 2 is 2.10 bits per heavy atom. The number of carbonyl (C=O) groups is 1. The van der Waals surface area contributed by atoms with E-state index in [9.17, 15) is 4.79 Å². The van der Waals surface area contributed by atoms with Gasteiger partial charge in [0.2, 0.25) is 0 Å². The van der Waals surface area contributed by atoms with Gasteiger partial charge in [0.25, 0.3) is 0 Å². The minimum atomic E-state index is -0.949. The second-order valence-electron chi connectivity index (χ2n) is 2.55. The van der Waals surface area contributed by atoms with Crippen LogP contribution >= 0.6 is 25.4 Å². The summed E-state index contributed by atoms with van der Waals surface area (Å²) in [5, 5.41) is 8.55. The van der Waals surface area contributed by atoms with E-state index in [1.54, 1.807) is 13.8 Å². The van der Waals surface area contributed by atoms with E-state index in [0.29, 0.717) is 0 Å². The Morgan fingerprint density at radius 3 is 2.10 bits per heavy atom. The zero-order valence-corrected chi connectivity index (χ0v) is 7.62. The average molecular weight is 181 g/mol. The van der Waals surface area contributed by atoms with E-state index in [4.69, 9.17) is 5.11 Å². The molecule has 3 nitrogen and oxygen atoms in total. The number of hydrogen-bond acceptors (Lipinski definition) is 4. The third-order valence-corrected chi connectivity index (χ3v) is 1.60. The molecule has 0 rings (SSSR count). The van der Waals surface area contributed by atoms with Crippen molar-refractivity contribution in [1.29, 1.82) is 0 Å². The molecule has 60 valence electrons. The van der Waals surface area contributed by atoms with E-state index in [2.05, 4.69) is 30.2 Å². The minimum absolute atomic E-state index is 0.604. The summed E-state index contributed by atoms with van der Waals surface area (Å²) in [7, 11) is 0. The number of carboxylic acids is 1. The first kappa shape index (κ1) is 10.1. The van der Waals surface area contributed by atoms with Crippen molar-refractivity contribution in [2.24, 2.45) is 0 Å². The fraction of sp³-hybridized carbons (Fsp3) is 0.800. The molecule has 0 saturated heterocycles. The minimum Gasteiger partial charge on any atom is -0.480 e. The first-order chi connectivity index (χ1) is 4.39. The molecule has 0 aromatic heterocycles. The lowest BCUT2D eigenvalue weighted by Crippen LogP contribution is -2.45. The van der Waals surface area contributed by atoms with Gasteiger partial charge in [0.15, 0.2) is 0 Å². The van der Waals surface area contributed by atoms with E-state index >= 15 is 0 Å². The van der Waals surface area contributed by atoms with Gasteiger partial charge < -0.3 is 5.11 Å². The summed E-state index contributed by atoms with van der Waals surface area (Å²) in [4.78, 5) is 10.4. The van der Waals surface area contributed by atoms with Gasteiger partial charge in [-0.1, -0.05) is 12.8 Å². The van der Waals surface area contributed by atoms with Crippen LogP contribution in [0.2, 0.25) is 0 Å². The maximum Gasteiger partial charge on any atom is 0.322 e. The van der Waals surface area contributed by atoms with Crippen LogP contribution < -0.4 is 4.72 Å². The van der Waals surface area contributed by atoms with Crippen molar-refractivity contribution >= 4 is 31.4 Å². The fourth-order valence-corrected chi connectivity index (χ4v) is 1.23. The van der Waals surface area contributed by atoms with Crippen LogP contribution in [0.5, 0.6) is 0 Å². The highest BCUT2D eigenvalue weighted by molar-refractivity contribution is 7.82. The van der Waals surface area contributed by atoms with Crippen molar-refractivity contribution in [3.8, 4) is 0 Å². The lowest BCUT2D eigenvalue weighted by molar-refractivity contribution is -0.139. The Labute approximate surface area is 71.2 Å². The molecular formula is C5H11NO2S2. The maximum atomic E-state index is 10.4. The molecular weight excluding hydrogens is 170 g/mol. The number of carboxylic acid groups (broad SMARTS) is 1. The molecule has 1 atom stereocenters. The summed E-state index contributed by atoms with van der Waals surface area (Å²) < 4.78 is 1.76. The van der Waals surface area contributed by atoms with Crippen molar-refractivity contribution in [2.45, 2.75) is 24.6 Å². The molecule has 0 aromatic carbocycles. The van der Waals surface area contributed by atoms with E-state index < -0.39 is 16.8 Å². The van der Waals surface area contributed by atoms with Crippen LogP contribution in [0.15, 0.2) is 0 Å². The van der Waals surface area contributed by atoms with E-state index in [1.165, 1.54) is 0 Å². The molecule has 0 bridgehead atoms. The van der Waals surface area contributed by atoms with Gasteiger partial charge in [-0.15, -0.1) is 0 Å². The Bertz CT molecular complexity index is 132. The van der Waals surface area contributed by atoms with Gasteiger partial charge in [0.05, 0.1) is 0 Å². The molecule has 0 unspecified atom stereocenters. The van der Waals surface area contributed by atoms with Gasteiger partial charge >= 0.3 is 5.97 Å². The van der Waals surface area contributed by atoms with Crippen molar-refractivity contribution in [3.63, 3.8) is 0 Å². The summed E-state index contributed by atoms with van der Waals surface area (Å²) in [5.41, 5.74) is 0. The molecule has 0 aromatic rings. The first-order valence-electron chi connectivity index (χ1n) is 2.74. The third-order valence-electron chi connectivity index (χ3n) is 1.08. The van der Waals surface area contributed by atoms with Crippen molar-refractivity contribution in [3.05, 3.63) is 0 Å².